The van der Waals surface area contributed by atoms with Gasteiger partial charge >= 0.3 is 0 Å². The molecule has 0 unspecified atom stereocenters. The molecule has 3 aromatic rings. The summed E-state index contributed by atoms with van der Waals surface area (Å²) < 4.78 is 4.50. The Hall–Kier alpha value is -2.00. The van der Waals surface area contributed by atoms with Crippen LogP contribution in [0.25, 0.3) is 22.4 Å². The first-order valence-electron chi connectivity index (χ1n) is 6.81. The highest BCUT2D eigenvalue weighted by Gasteiger charge is 2.20. The van der Waals surface area contributed by atoms with E-state index in [0.29, 0.717) is 0 Å². The molecule has 0 radical (unpaired) electrons. The van der Waals surface area contributed by atoms with E-state index in [1.165, 1.54) is 28.1 Å². The molecule has 4 heteroatoms. The average Bonchev–Trinajstić information content (AvgIpc) is 2.72. The highest BCUT2D eigenvalue weighted by molar-refractivity contribution is 5.85. The predicted molar refractivity (Wildman–Crippen MR) is 91.1 cm³/mol. The summed E-state index contributed by atoms with van der Waals surface area (Å²) >= 11 is 0. The molecular weight excluding hydrogens is 282 g/mol. The van der Waals surface area contributed by atoms with Crippen LogP contribution in [-0.4, -0.2) is 18.7 Å². The van der Waals surface area contributed by atoms with Gasteiger partial charge in [-0.3, -0.25) is 0 Å². The van der Waals surface area contributed by atoms with Crippen molar-refractivity contribution in [1.82, 2.24) is 4.57 Å². The van der Waals surface area contributed by atoms with Gasteiger partial charge < -0.3 is 4.90 Å². The van der Waals surface area contributed by atoms with Crippen molar-refractivity contribution < 1.29 is 4.57 Å². The van der Waals surface area contributed by atoms with Crippen molar-refractivity contribution in [2.45, 2.75) is 0 Å². The lowest BCUT2D eigenvalue weighted by Crippen LogP contribution is -2.29. The minimum Gasteiger partial charge on any atom is -0.378 e. The maximum atomic E-state index is 2.25. The molecule has 0 bridgehead atoms. The van der Waals surface area contributed by atoms with E-state index in [1.54, 1.807) is 0 Å². The average molecular weight is 303 g/mol. The highest BCUT2D eigenvalue weighted by atomic mass is 35.5. The third-order valence-electron chi connectivity index (χ3n) is 3.88. The lowest BCUT2D eigenvalue weighted by atomic mass is 10.2. The van der Waals surface area contributed by atoms with E-state index in [2.05, 4.69) is 90.8 Å². The number of fused-ring (bicyclic) bond motifs is 1. The zero-order chi connectivity index (χ0) is 14.3. The molecule has 0 aliphatic heterocycles. The van der Waals surface area contributed by atoms with Gasteiger partial charge in [-0.05, 0) is 36.4 Å². The summed E-state index contributed by atoms with van der Waals surface area (Å²) in [5.41, 5.74) is 4.95. The molecule has 3 nitrogen and oxygen atoms in total. The van der Waals surface area contributed by atoms with Gasteiger partial charge in [0.1, 0.15) is 0 Å². The summed E-state index contributed by atoms with van der Waals surface area (Å²) in [5.74, 6) is 1.22. The largest absolute Gasteiger partial charge is 0.378 e. The Balaban J connectivity index is 0.00000161. The Kier molecular flexibility index (Phi) is 4.24. The molecule has 0 N–H and O–H groups in total. The Morgan fingerprint density at radius 3 is 2.14 bits per heavy atom. The Bertz CT molecular complexity index is 719. The number of hydrogen-bond donors (Lipinski definition) is 0. The zero-order valence-electron chi connectivity index (χ0n) is 12.9. The summed E-state index contributed by atoms with van der Waals surface area (Å²) in [5, 5.41) is 0. The molecule has 1 aromatic heterocycles. The lowest BCUT2D eigenvalue weighted by molar-refractivity contribution is -0.634. The molecule has 0 aliphatic rings. The summed E-state index contributed by atoms with van der Waals surface area (Å²) in [7, 11) is 8.37. The first kappa shape index (κ1) is 15.4. The van der Waals surface area contributed by atoms with Gasteiger partial charge in [-0.25, -0.2) is 9.13 Å². The van der Waals surface area contributed by atoms with Crippen LogP contribution in [0.5, 0.6) is 0 Å². The van der Waals surface area contributed by atoms with Crippen LogP contribution in [0.1, 0.15) is 0 Å². The number of benzene rings is 2. The number of aromatic nitrogens is 2. The van der Waals surface area contributed by atoms with Crippen molar-refractivity contribution in [3.8, 4) is 11.4 Å². The fourth-order valence-electron chi connectivity index (χ4n) is 2.78. The van der Waals surface area contributed by atoms with Crippen LogP contribution >= 0.6 is 12.4 Å². The fourth-order valence-corrected chi connectivity index (χ4v) is 2.78. The molecule has 0 saturated heterocycles. The number of aryl methyl sites for hydroxylation is 2. The third kappa shape index (κ3) is 2.49. The molecule has 2 aromatic carbocycles. The molecule has 110 valence electrons. The normalized spacial score (nSPS) is 10.5. The van der Waals surface area contributed by atoms with Crippen molar-refractivity contribution in [2.24, 2.45) is 14.1 Å². The van der Waals surface area contributed by atoms with Crippen molar-refractivity contribution >= 4 is 29.1 Å². The summed E-state index contributed by atoms with van der Waals surface area (Å²) in [6, 6.07) is 17.2. The molecule has 1 heterocycles. The molecule has 0 aliphatic carbocycles. The van der Waals surface area contributed by atoms with Gasteiger partial charge in [0.2, 0.25) is 0 Å². The second-order valence-corrected chi connectivity index (χ2v) is 5.37. The first-order valence-corrected chi connectivity index (χ1v) is 6.81. The Labute approximate surface area is 131 Å². The number of hydrogen-bond acceptors (Lipinski definition) is 1. The number of nitrogens with zero attached hydrogens (tertiary/aromatic N) is 3. The van der Waals surface area contributed by atoms with E-state index >= 15 is 0 Å². The van der Waals surface area contributed by atoms with E-state index in [9.17, 15) is 0 Å². The van der Waals surface area contributed by atoms with Crippen LogP contribution in [-0.2, 0) is 14.1 Å². The molecular formula is C17H21ClN3+. The third-order valence-corrected chi connectivity index (χ3v) is 3.88. The number of para-hydroxylation sites is 2. The van der Waals surface area contributed by atoms with E-state index in [1.807, 2.05) is 0 Å². The van der Waals surface area contributed by atoms with E-state index in [-0.39, 0.29) is 12.4 Å². The zero-order valence-corrected chi connectivity index (χ0v) is 13.7. The van der Waals surface area contributed by atoms with Gasteiger partial charge in [-0.15, -0.1) is 12.4 Å². The van der Waals surface area contributed by atoms with Gasteiger partial charge in [0, 0.05) is 19.8 Å². The summed E-state index contributed by atoms with van der Waals surface area (Å²) in [4.78, 5) is 2.12. The van der Waals surface area contributed by atoms with Crippen LogP contribution < -0.4 is 9.47 Å². The van der Waals surface area contributed by atoms with Gasteiger partial charge in [-0.1, -0.05) is 12.1 Å². The molecule has 0 spiro atoms. The quantitative estimate of drug-likeness (QED) is 0.662. The minimum absolute atomic E-state index is 0. The maximum Gasteiger partial charge on any atom is 0.289 e. The smallest absolute Gasteiger partial charge is 0.289 e. The van der Waals surface area contributed by atoms with E-state index in [0.717, 1.165) is 0 Å². The van der Waals surface area contributed by atoms with E-state index in [4.69, 9.17) is 0 Å². The standard InChI is InChI=1S/C17H20N3.ClH/c1-18(2)14-11-9-13(10-12-14)17-19(3)15-7-5-6-8-16(15)20(17)4;/h5-12H,1-4H3;1H/q+1;. The van der Waals surface area contributed by atoms with Crippen LogP contribution in [0.15, 0.2) is 48.5 Å². The molecule has 0 saturated carbocycles. The van der Waals surface area contributed by atoms with Gasteiger partial charge in [0.15, 0.2) is 11.0 Å². The molecule has 3 rings (SSSR count). The Morgan fingerprint density at radius 2 is 1.57 bits per heavy atom. The van der Waals surface area contributed by atoms with Gasteiger partial charge in [-0.2, -0.15) is 0 Å². The number of rotatable bonds is 2. The minimum atomic E-state index is 0. The van der Waals surface area contributed by atoms with Crippen LogP contribution in [0, 0.1) is 0 Å². The maximum absolute atomic E-state index is 2.25. The summed E-state index contributed by atoms with van der Waals surface area (Å²) in [6.45, 7) is 0. The predicted octanol–water partition coefficient (Wildman–Crippen LogP) is 3.16. The van der Waals surface area contributed by atoms with Crippen molar-refractivity contribution in [1.29, 1.82) is 0 Å². The van der Waals surface area contributed by atoms with Gasteiger partial charge in [0.25, 0.3) is 5.82 Å². The second-order valence-electron chi connectivity index (χ2n) is 5.37. The monoisotopic (exact) mass is 302 g/mol. The van der Waals surface area contributed by atoms with Crippen molar-refractivity contribution in [3.05, 3.63) is 48.5 Å². The van der Waals surface area contributed by atoms with Crippen molar-refractivity contribution in [2.75, 3.05) is 19.0 Å². The SMILES string of the molecule is CN(C)c1ccc(-c2n(C)c3ccccc3[n+]2C)cc1.Cl. The number of anilines is 1. The topological polar surface area (TPSA) is 12.1 Å². The van der Waals surface area contributed by atoms with E-state index < -0.39 is 0 Å². The summed E-state index contributed by atoms with van der Waals surface area (Å²) in [6.07, 6.45) is 0. The van der Waals surface area contributed by atoms with Crippen LogP contribution in [0.3, 0.4) is 0 Å². The molecule has 0 atom stereocenters. The number of imidazole rings is 1. The fraction of sp³-hybridized carbons (Fsp3) is 0.235. The highest BCUT2D eigenvalue weighted by Crippen LogP contribution is 2.23. The second kappa shape index (κ2) is 5.78. The van der Waals surface area contributed by atoms with Crippen LogP contribution in [0.2, 0.25) is 0 Å². The van der Waals surface area contributed by atoms with Crippen molar-refractivity contribution in [3.63, 3.8) is 0 Å². The number of halogens is 1. The van der Waals surface area contributed by atoms with Gasteiger partial charge in [0.05, 0.1) is 19.7 Å². The molecule has 21 heavy (non-hydrogen) atoms. The lowest BCUT2D eigenvalue weighted by Gasteiger charge is -2.12. The molecule has 0 amide bonds. The molecule has 0 fully saturated rings. The van der Waals surface area contributed by atoms with Crippen LogP contribution in [0.4, 0.5) is 5.69 Å². The first-order chi connectivity index (χ1) is 9.59. The Morgan fingerprint density at radius 1 is 0.952 bits per heavy atom.